The van der Waals surface area contributed by atoms with Gasteiger partial charge in [-0.3, -0.25) is 9.59 Å². The normalized spacial score (nSPS) is 43.0. The van der Waals surface area contributed by atoms with Gasteiger partial charge in [0, 0.05) is 12.3 Å². The molecule has 2 fully saturated rings. The van der Waals surface area contributed by atoms with Crippen molar-refractivity contribution in [3.05, 3.63) is 23.3 Å². The van der Waals surface area contributed by atoms with Crippen LogP contribution >= 0.6 is 0 Å². The van der Waals surface area contributed by atoms with Gasteiger partial charge >= 0.3 is 5.97 Å². The van der Waals surface area contributed by atoms with E-state index in [2.05, 4.69) is 20.8 Å². The summed E-state index contributed by atoms with van der Waals surface area (Å²) in [5.41, 5.74) is -1.81. The Balaban J connectivity index is 1.66. The largest absolute Gasteiger partial charge is 0.455 e. The zero-order valence-corrected chi connectivity index (χ0v) is 21.2. The molecule has 2 bridgehead atoms. The molecule has 0 aromatic carbocycles. The van der Waals surface area contributed by atoms with Gasteiger partial charge in [0.25, 0.3) is 0 Å². The molecule has 5 nitrogen and oxygen atoms in total. The lowest BCUT2D eigenvalue weighted by molar-refractivity contribution is -0.202. The number of carbonyl (C=O) groups excluding carboxylic acids is 2. The number of unbranched alkanes of at least 4 members (excludes halogenated alkanes) is 4. The van der Waals surface area contributed by atoms with Crippen molar-refractivity contribution in [1.29, 1.82) is 0 Å². The van der Waals surface area contributed by atoms with E-state index in [0.29, 0.717) is 17.1 Å². The van der Waals surface area contributed by atoms with Gasteiger partial charge < -0.3 is 14.9 Å². The van der Waals surface area contributed by atoms with Crippen LogP contribution in [-0.2, 0) is 14.3 Å². The number of rotatable bonds is 7. The molecular formula is C28H42O5. The van der Waals surface area contributed by atoms with Crippen molar-refractivity contribution >= 4 is 11.8 Å². The molecule has 0 aromatic heterocycles. The molecule has 0 amide bonds. The molecule has 0 saturated heterocycles. The van der Waals surface area contributed by atoms with Crippen molar-refractivity contribution < 1.29 is 24.5 Å². The zero-order valence-electron chi connectivity index (χ0n) is 21.2. The van der Waals surface area contributed by atoms with E-state index < -0.39 is 23.2 Å². The third-order valence-electron chi connectivity index (χ3n) is 9.58. The molecule has 0 radical (unpaired) electrons. The fourth-order valence-electron chi connectivity index (χ4n) is 7.63. The summed E-state index contributed by atoms with van der Waals surface area (Å²) in [6.07, 6.45) is 7.64. The van der Waals surface area contributed by atoms with Gasteiger partial charge in [-0.25, -0.2) is 0 Å². The van der Waals surface area contributed by atoms with Gasteiger partial charge in [-0.2, -0.15) is 0 Å². The van der Waals surface area contributed by atoms with Crippen LogP contribution in [0.3, 0.4) is 0 Å². The van der Waals surface area contributed by atoms with Crippen LogP contribution in [0.4, 0.5) is 0 Å². The number of Topliss-reactive ketones (excluding diaryl/α,β-unsaturated/α-hetero) is 1. The second kappa shape index (κ2) is 8.34. The van der Waals surface area contributed by atoms with E-state index in [4.69, 9.17) is 4.74 Å². The molecule has 4 aliphatic rings. The van der Waals surface area contributed by atoms with E-state index in [1.54, 1.807) is 6.92 Å². The SMILES string of the molecule is CCCCCCCC(=O)O[C@H]1C(C)=C[C@]23C(=O)[C@@H](C=C(C)[C@@H](O)[C@]12O)[C@H]1[C@@H](C[C@H]3C)C1(C)C. The van der Waals surface area contributed by atoms with Crippen LogP contribution in [0.2, 0.25) is 0 Å². The number of hydrogen-bond donors (Lipinski definition) is 2. The quantitative estimate of drug-likeness (QED) is 0.327. The monoisotopic (exact) mass is 458 g/mol. The predicted molar refractivity (Wildman–Crippen MR) is 127 cm³/mol. The summed E-state index contributed by atoms with van der Waals surface area (Å²) >= 11 is 0. The highest BCUT2D eigenvalue weighted by molar-refractivity contribution is 5.95. The Morgan fingerprint density at radius 2 is 1.82 bits per heavy atom. The van der Waals surface area contributed by atoms with Gasteiger partial charge in [-0.1, -0.05) is 65.5 Å². The van der Waals surface area contributed by atoms with Crippen molar-refractivity contribution in [2.45, 2.75) is 104 Å². The molecule has 0 aromatic rings. The predicted octanol–water partition coefficient (Wildman–Crippen LogP) is 4.75. The number of aliphatic hydroxyl groups excluding tert-OH is 1. The Hall–Kier alpha value is -1.46. The van der Waals surface area contributed by atoms with Crippen molar-refractivity contribution in [1.82, 2.24) is 0 Å². The fourth-order valence-corrected chi connectivity index (χ4v) is 7.63. The summed E-state index contributed by atoms with van der Waals surface area (Å²) in [5, 5.41) is 23.8. The average molecular weight is 459 g/mol. The second-order valence-corrected chi connectivity index (χ2v) is 11.9. The van der Waals surface area contributed by atoms with Crippen molar-refractivity contribution in [2.24, 2.45) is 34.5 Å². The summed E-state index contributed by atoms with van der Waals surface area (Å²) in [7, 11) is 0. The third kappa shape index (κ3) is 3.40. The Labute approximate surface area is 198 Å². The summed E-state index contributed by atoms with van der Waals surface area (Å²) in [6, 6.07) is 0. The van der Waals surface area contributed by atoms with E-state index in [1.165, 1.54) is 0 Å². The van der Waals surface area contributed by atoms with Crippen molar-refractivity contribution in [2.75, 3.05) is 0 Å². The highest BCUT2D eigenvalue weighted by atomic mass is 16.6. The topological polar surface area (TPSA) is 83.8 Å². The van der Waals surface area contributed by atoms with Crippen LogP contribution in [0.1, 0.15) is 86.5 Å². The number of ether oxygens (including phenoxy) is 1. The Morgan fingerprint density at radius 1 is 1.15 bits per heavy atom. The van der Waals surface area contributed by atoms with Gasteiger partial charge in [-0.15, -0.1) is 0 Å². The van der Waals surface area contributed by atoms with Gasteiger partial charge in [0.05, 0.1) is 5.41 Å². The van der Waals surface area contributed by atoms with Crippen LogP contribution in [0.25, 0.3) is 0 Å². The van der Waals surface area contributed by atoms with Crippen LogP contribution in [0.5, 0.6) is 0 Å². The van der Waals surface area contributed by atoms with Crippen LogP contribution in [0, 0.1) is 34.5 Å². The number of hydrogen-bond acceptors (Lipinski definition) is 5. The standard InChI is InChI=1S/C28H42O5/c1-7-8-9-10-11-12-21(29)33-25-17(3)15-27-18(4)14-20-22(26(20,5)6)19(24(27)31)13-16(2)23(30)28(25,27)32/h13,15,18-20,22-23,25,30,32H,7-12,14H2,1-6H3/t18-,19+,20-,22+,23-,25+,27+,28+/m1/s1. The molecule has 5 heteroatoms. The molecule has 2 N–H and O–H groups in total. The molecule has 2 saturated carbocycles. The van der Waals surface area contributed by atoms with E-state index in [0.717, 1.165) is 38.5 Å². The number of esters is 1. The maximum Gasteiger partial charge on any atom is 0.306 e. The van der Waals surface area contributed by atoms with Gasteiger partial charge in [0.15, 0.2) is 17.5 Å². The van der Waals surface area contributed by atoms with Gasteiger partial charge in [0.1, 0.15) is 6.10 Å². The minimum absolute atomic E-state index is 0.0241. The van der Waals surface area contributed by atoms with Crippen molar-refractivity contribution in [3.63, 3.8) is 0 Å². The summed E-state index contributed by atoms with van der Waals surface area (Å²) < 4.78 is 5.88. The first-order chi connectivity index (χ1) is 15.4. The molecular weight excluding hydrogens is 416 g/mol. The number of aliphatic hydroxyl groups is 2. The van der Waals surface area contributed by atoms with Crippen molar-refractivity contribution in [3.8, 4) is 0 Å². The molecule has 4 rings (SSSR count). The first-order valence-electron chi connectivity index (χ1n) is 13.0. The number of allylic oxidation sites excluding steroid dienone is 1. The summed E-state index contributed by atoms with van der Waals surface area (Å²) in [4.78, 5) is 27.0. The molecule has 0 unspecified atom stereocenters. The maximum absolute atomic E-state index is 14.2. The number of carbonyl (C=O) groups is 2. The lowest BCUT2D eigenvalue weighted by Gasteiger charge is -2.48. The van der Waals surface area contributed by atoms with Gasteiger partial charge in [0.2, 0.25) is 0 Å². The lowest BCUT2D eigenvalue weighted by atomic mass is 9.59. The number of fused-ring (bicyclic) bond motifs is 3. The van der Waals surface area contributed by atoms with E-state index >= 15 is 0 Å². The smallest absolute Gasteiger partial charge is 0.306 e. The average Bonchev–Trinajstić information content (AvgIpc) is 3.24. The van der Waals surface area contributed by atoms with Crippen LogP contribution in [0.15, 0.2) is 23.3 Å². The molecule has 184 valence electrons. The second-order valence-electron chi connectivity index (χ2n) is 11.9. The fraction of sp³-hybridized carbons (Fsp3) is 0.786. The molecule has 8 atom stereocenters. The zero-order chi connectivity index (χ0) is 24.3. The maximum atomic E-state index is 14.2. The van der Waals surface area contributed by atoms with E-state index in [-0.39, 0.29) is 41.3 Å². The Morgan fingerprint density at radius 3 is 2.48 bits per heavy atom. The number of ketones is 1. The summed E-state index contributed by atoms with van der Waals surface area (Å²) in [5.74, 6) is -0.282. The van der Waals surface area contributed by atoms with E-state index in [9.17, 15) is 19.8 Å². The first kappa shape index (κ1) is 24.7. The minimum atomic E-state index is -1.89. The minimum Gasteiger partial charge on any atom is -0.455 e. The van der Waals surface area contributed by atoms with Gasteiger partial charge in [-0.05, 0) is 61.0 Å². The highest BCUT2D eigenvalue weighted by Crippen LogP contribution is 2.71. The molecule has 0 aliphatic heterocycles. The third-order valence-corrected chi connectivity index (χ3v) is 9.58. The molecule has 33 heavy (non-hydrogen) atoms. The summed E-state index contributed by atoms with van der Waals surface area (Å²) in [6.45, 7) is 12.2. The highest BCUT2D eigenvalue weighted by Gasteiger charge is 2.76. The van der Waals surface area contributed by atoms with E-state index in [1.807, 2.05) is 26.0 Å². The molecule has 0 heterocycles. The molecule has 4 aliphatic carbocycles. The Bertz CT molecular complexity index is 885. The van der Waals surface area contributed by atoms with Crippen LogP contribution < -0.4 is 0 Å². The molecule has 1 spiro atoms. The Kier molecular flexibility index (Phi) is 6.23. The van der Waals surface area contributed by atoms with Crippen LogP contribution in [-0.4, -0.2) is 39.8 Å². The lowest BCUT2D eigenvalue weighted by Crippen LogP contribution is -2.65. The first-order valence-corrected chi connectivity index (χ1v) is 13.0.